The molecule has 3 N–H and O–H groups in total. The molecule has 1 aliphatic rings. The molecule has 10 heteroatoms. The first kappa shape index (κ1) is 34.2. The van der Waals surface area contributed by atoms with Gasteiger partial charge in [-0.15, -0.1) is 0 Å². The van der Waals surface area contributed by atoms with E-state index in [4.69, 9.17) is 9.47 Å². The molecule has 0 bridgehead atoms. The lowest BCUT2D eigenvalue weighted by Crippen LogP contribution is -2.45. The average Bonchev–Trinajstić information content (AvgIpc) is 3.02. The van der Waals surface area contributed by atoms with E-state index in [0.717, 1.165) is 67.7 Å². The smallest absolute Gasteiger partial charge is 0.408 e. The van der Waals surface area contributed by atoms with Crippen molar-refractivity contribution in [1.82, 2.24) is 15.3 Å². The first-order valence-corrected chi connectivity index (χ1v) is 15.3. The van der Waals surface area contributed by atoms with Crippen molar-refractivity contribution < 1.29 is 24.2 Å². The maximum Gasteiger partial charge on any atom is 0.408 e. The molecule has 1 aliphatic heterocycles. The van der Waals surface area contributed by atoms with Crippen LogP contribution in [0.5, 0.6) is 6.01 Å². The van der Waals surface area contributed by atoms with Gasteiger partial charge in [-0.05, 0) is 63.5 Å². The molecule has 0 saturated carbocycles. The van der Waals surface area contributed by atoms with Crippen molar-refractivity contribution >= 4 is 23.7 Å². The number of ether oxygens (including phenoxy) is 2. The van der Waals surface area contributed by atoms with Crippen LogP contribution in [0.1, 0.15) is 64.0 Å². The summed E-state index contributed by atoms with van der Waals surface area (Å²) < 4.78 is 10.6. The first-order valence-electron chi connectivity index (χ1n) is 15.3. The Hall–Kier alpha value is -4.34. The Morgan fingerprint density at radius 3 is 2.48 bits per heavy atom. The zero-order valence-corrected chi connectivity index (χ0v) is 26.7. The third-order valence-electron chi connectivity index (χ3n) is 7.89. The molecule has 1 amide bonds. The summed E-state index contributed by atoms with van der Waals surface area (Å²) in [4.78, 5) is 35.5. The van der Waals surface area contributed by atoms with Crippen LogP contribution in [0.25, 0.3) is 0 Å². The van der Waals surface area contributed by atoms with Gasteiger partial charge in [0.1, 0.15) is 24.3 Å². The van der Waals surface area contributed by atoms with Crippen LogP contribution >= 0.6 is 0 Å². The molecule has 1 unspecified atom stereocenters. The van der Waals surface area contributed by atoms with E-state index < -0.39 is 18.1 Å². The molecule has 0 spiro atoms. The lowest BCUT2D eigenvalue weighted by molar-refractivity contribution is -0.139. The van der Waals surface area contributed by atoms with E-state index in [1.807, 2.05) is 37.3 Å². The molecule has 44 heavy (non-hydrogen) atoms. The molecule has 238 valence electrons. The minimum absolute atomic E-state index is 0.0369. The van der Waals surface area contributed by atoms with Gasteiger partial charge in [-0.3, -0.25) is 0 Å². The van der Waals surface area contributed by atoms with Crippen molar-refractivity contribution in [2.24, 2.45) is 5.92 Å². The van der Waals surface area contributed by atoms with Gasteiger partial charge < -0.3 is 30.1 Å². The van der Waals surface area contributed by atoms with E-state index in [-0.39, 0.29) is 19.2 Å². The van der Waals surface area contributed by atoms with E-state index in [2.05, 4.69) is 65.0 Å². The number of carbonyl (C=O) groups is 2. The molecule has 1 fully saturated rings. The number of alkyl carbamates (subject to hydrolysis) is 1. The highest BCUT2D eigenvalue weighted by atomic mass is 16.5. The Labute approximate surface area is 261 Å². The minimum atomic E-state index is -1.24. The van der Waals surface area contributed by atoms with Gasteiger partial charge in [0.25, 0.3) is 0 Å². The Bertz CT molecular complexity index is 1330. The standard InChI is InChI=1S/C34H47N5O5/c1-7-8-14-27(23(2)3)16-15-24(4)28-17-19-39(20-18-28)31-25(5)30(37-33(38-31)43-6)35-21-29(32(40)41)36-34(42)44-22-26-12-10-9-11-13-26/h9-13,15-16,28-29H,2,7-8,14,17-22H2,1,3-6H3,(H,36,42)(H,40,41)(H,35,37,38)/b24-15+,27-16-. The van der Waals surface area contributed by atoms with E-state index in [1.165, 1.54) is 18.3 Å². The van der Waals surface area contributed by atoms with Crippen LogP contribution in [0.2, 0.25) is 0 Å². The number of carboxylic acids is 1. The number of nitrogens with zero attached hydrogens (tertiary/aromatic N) is 3. The molecule has 2 heterocycles. The van der Waals surface area contributed by atoms with Gasteiger partial charge in [-0.1, -0.05) is 73.6 Å². The summed E-state index contributed by atoms with van der Waals surface area (Å²) in [6.07, 6.45) is 9.02. The van der Waals surface area contributed by atoms with E-state index >= 15 is 0 Å². The molecule has 1 aromatic carbocycles. The zero-order valence-electron chi connectivity index (χ0n) is 26.7. The fourth-order valence-electron chi connectivity index (χ4n) is 5.08. The number of methoxy groups -OCH3 is 1. The highest BCUT2D eigenvalue weighted by molar-refractivity contribution is 5.80. The number of hydrogen-bond acceptors (Lipinski definition) is 8. The van der Waals surface area contributed by atoms with Crippen molar-refractivity contribution in [2.75, 3.05) is 37.0 Å². The van der Waals surface area contributed by atoms with E-state index in [1.54, 1.807) is 0 Å². The summed E-state index contributed by atoms with van der Waals surface area (Å²) in [5.74, 6) is 0.464. The highest BCUT2D eigenvalue weighted by Crippen LogP contribution is 2.32. The van der Waals surface area contributed by atoms with Gasteiger partial charge in [0, 0.05) is 25.2 Å². The summed E-state index contributed by atoms with van der Waals surface area (Å²) in [6.45, 7) is 14.1. The third-order valence-corrected chi connectivity index (χ3v) is 7.89. The van der Waals surface area contributed by atoms with Crippen LogP contribution in [0.15, 0.2) is 65.8 Å². The zero-order chi connectivity index (χ0) is 32.1. The number of rotatable bonds is 15. The summed E-state index contributed by atoms with van der Waals surface area (Å²) in [6, 6.07) is 8.10. The number of amides is 1. The predicted molar refractivity (Wildman–Crippen MR) is 174 cm³/mol. The number of carboxylic acid groups (broad SMARTS) is 1. The van der Waals surface area contributed by atoms with Gasteiger partial charge in [0.15, 0.2) is 0 Å². The number of piperidine rings is 1. The monoisotopic (exact) mass is 605 g/mol. The van der Waals surface area contributed by atoms with Gasteiger partial charge in [-0.2, -0.15) is 9.97 Å². The molecule has 0 aliphatic carbocycles. The average molecular weight is 606 g/mol. The maximum atomic E-state index is 12.3. The summed E-state index contributed by atoms with van der Waals surface area (Å²) in [5, 5.41) is 15.2. The molecular weight excluding hydrogens is 558 g/mol. The van der Waals surface area contributed by atoms with Crippen molar-refractivity contribution in [3.63, 3.8) is 0 Å². The van der Waals surface area contributed by atoms with E-state index in [0.29, 0.717) is 11.7 Å². The number of anilines is 2. The topological polar surface area (TPSA) is 126 Å². The van der Waals surface area contributed by atoms with Crippen molar-refractivity contribution in [3.8, 4) is 6.01 Å². The SMILES string of the molecule is C=C(C)/C(=C\C=C(/C)C1CCN(c2nc(OC)nc(NCC(NC(=O)OCc3ccccc3)C(=O)O)c2C)CC1)CCCC. The number of nitrogens with one attached hydrogen (secondary N) is 2. The molecule has 0 radical (unpaired) electrons. The van der Waals surface area contributed by atoms with Crippen molar-refractivity contribution in [3.05, 3.63) is 76.9 Å². The number of aromatic nitrogens is 2. The van der Waals surface area contributed by atoms with Crippen LogP contribution in [0.3, 0.4) is 0 Å². The lowest BCUT2D eigenvalue weighted by atomic mass is 9.89. The molecule has 1 aromatic heterocycles. The lowest BCUT2D eigenvalue weighted by Gasteiger charge is -2.34. The Balaban J connectivity index is 1.64. The Kier molecular flexibility index (Phi) is 13.3. The number of benzene rings is 1. The second-order valence-electron chi connectivity index (χ2n) is 11.2. The van der Waals surface area contributed by atoms with Crippen LogP contribution in [-0.2, 0) is 16.1 Å². The van der Waals surface area contributed by atoms with Crippen molar-refractivity contribution in [1.29, 1.82) is 0 Å². The van der Waals surface area contributed by atoms with Crippen LogP contribution < -0.4 is 20.3 Å². The minimum Gasteiger partial charge on any atom is -0.480 e. The second-order valence-corrected chi connectivity index (χ2v) is 11.2. The fourth-order valence-corrected chi connectivity index (χ4v) is 5.08. The van der Waals surface area contributed by atoms with Crippen LogP contribution in [-0.4, -0.2) is 59.9 Å². The van der Waals surface area contributed by atoms with Crippen LogP contribution in [0.4, 0.5) is 16.4 Å². The quantitative estimate of drug-likeness (QED) is 0.197. The first-order chi connectivity index (χ1) is 21.1. The molecule has 1 saturated heterocycles. The Morgan fingerprint density at radius 2 is 1.86 bits per heavy atom. The molecule has 1 atom stereocenters. The second kappa shape index (κ2) is 17.1. The van der Waals surface area contributed by atoms with Crippen LogP contribution in [0, 0.1) is 12.8 Å². The largest absolute Gasteiger partial charge is 0.480 e. The number of hydrogen-bond donors (Lipinski definition) is 3. The number of allylic oxidation sites excluding steroid dienone is 5. The normalized spacial score (nSPS) is 15.0. The van der Waals surface area contributed by atoms with Gasteiger partial charge in [0.2, 0.25) is 0 Å². The summed E-state index contributed by atoms with van der Waals surface area (Å²) >= 11 is 0. The Morgan fingerprint density at radius 1 is 1.16 bits per heavy atom. The number of aliphatic carboxylic acids is 1. The maximum absolute atomic E-state index is 12.3. The fraction of sp³-hybridized carbons (Fsp3) is 0.471. The summed E-state index contributed by atoms with van der Waals surface area (Å²) in [7, 11) is 1.50. The van der Waals surface area contributed by atoms with Crippen molar-refractivity contribution in [2.45, 2.75) is 72.4 Å². The third kappa shape index (κ3) is 10.1. The molecular formula is C34H47N5O5. The van der Waals surface area contributed by atoms with E-state index in [9.17, 15) is 14.7 Å². The number of unbranched alkanes of at least 4 members (excludes halogenated alkanes) is 1. The molecule has 10 nitrogen and oxygen atoms in total. The highest BCUT2D eigenvalue weighted by Gasteiger charge is 2.26. The summed E-state index contributed by atoms with van der Waals surface area (Å²) in [5.41, 5.74) is 5.39. The molecule has 3 rings (SSSR count). The molecule has 2 aromatic rings. The number of carbonyl (C=O) groups excluding carboxylic acids is 1. The van der Waals surface area contributed by atoms with Gasteiger partial charge >= 0.3 is 18.1 Å². The van der Waals surface area contributed by atoms with Gasteiger partial charge in [0.05, 0.1) is 7.11 Å². The predicted octanol–water partition coefficient (Wildman–Crippen LogP) is 6.44. The van der Waals surface area contributed by atoms with Gasteiger partial charge in [-0.25, -0.2) is 9.59 Å².